The molecule has 0 aliphatic rings. The van der Waals surface area contributed by atoms with Gasteiger partial charge in [-0.05, 0) is 12.1 Å². The van der Waals surface area contributed by atoms with Crippen molar-refractivity contribution >= 4 is 6.79 Å². The smallest absolute Gasteiger partial charge is 0.119 e. The lowest BCUT2D eigenvalue weighted by Crippen LogP contribution is -1.61. The number of carbonyl (C=O) groups excluding carboxylic acids is 1. The van der Waals surface area contributed by atoms with E-state index in [4.69, 9.17) is 15.0 Å². The molecule has 0 bridgehead atoms. The Morgan fingerprint density at radius 1 is 1.10 bits per heavy atom. The summed E-state index contributed by atoms with van der Waals surface area (Å²) in [4.78, 5) is 8.00. The molecule has 0 aliphatic heterocycles. The van der Waals surface area contributed by atoms with Gasteiger partial charge in [0.2, 0.25) is 0 Å². The molecule has 1 aromatic rings. The molecule has 0 heterocycles. The summed E-state index contributed by atoms with van der Waals surface area (Å²) in [5.74, 6) is 0.176. The number of phenolic OH excluding ortho intramolecular Hbond substituents is 2. The Morgan fingerprint density at radius 2 is 1.50 bits per heavy atom. The Kier molecular flexibility index (Phi) is 3.72. The second-order valence-corrected chi connectivity index (χ2v) is 1.52. The van der Waals surface area contributed by atoms with Gasteiger partial charge in [-0.1, -0.05) is 6.07 Å². The molecule has 0 aromatic heterocycles. The van der Waals surface area contributed by atoms with Crippen LogP contribution in [0.1, 0.15) is 0 Å². The molecule has 2 N–H and O–H groups in total. The van der Waals surface area contributed by atoms with E-state index in [9.17, 15) is 0 Å². The fourth-order valence-corrected chi connectivity index (χ4v) is 0.493. The van der Waals surface area contributed by atoms with Crippen molar-refractivity contribution in [3.8, 4) is 11.5 Å². The van der Waals surface area contributed by atoms with Crippen molar-refractivity contribution in [1.29, 1.82) is 0 Å². The molecule has 3 nitrogen and oxygen atoms in total. The zero-order chi connectivity index (χ0) is 7.98. The van der Waals surface area contributed by atoms with Gasteiger partial charge < -0.3 is 15.0 Å². The van der Waals surface area contributed by atoms with Crippen molar-refractivity contribution < 1.29 is 15.0 Å². The highest BCUT2D eigenvalue weighted by molar-refractivity contribution is 5.30. The van der Waals surface area contributed by atoms with Gasteiger partial charge in [-0.25, -0.2) is 0 Å². The van der Waals surface area contributed by atoms with Gasteiger partial charge in [0.05, 0.1) is 0 Å². The van der Waals surface area contributed by atoms with E-state index in [1.807, 2.05) is 6.79 Å². The Balaban J connectivity index is 0.000000371. The van der Waals surface area contributed by atoms with E-state index in [2.05, 4.69) is 0 Å². The Morgan fingerprint density at radius 3 is 1.70 bits per heavy atom. The van der Waals surface area contributed by atoms with Crippen LogP contribution in [0.4, 0.5) is 0 Å². The summed E-state index contributed by atoms with van der Waals surface area (Å²) in [6, 6.07) is 5.85. The number of hydrogen-bond donors (Lipinski definition) is 2. The summed E-state index contributed by atoms with van der Waals surface area (Å²) < 4.78 is 0. The first-order valence-electron chi connectivity index (χ1n) is 2.56. The van der Waals surface area contributed by atoms with Crippen LogP contribution in [0, 0.1) is 0 Å². The van der Waals surface area contributed by atoms with Gasteiger partial charge in [-0.15, -0.1) is 0 Å². The maximum absolute atomic E-state index is 8.65. The number of carbonyl (C=O) groups is 1. The SMILES string of the molecule is C=O.Oc1cccc(O)c1. The minimum atomic E-state index is 0.0880. The molecule has 0 aliphatic carbocycles. The number of benzene rings is 1. The molecule has 1 rings (SSSR count). The van der Waals surface area contributed by atoms with Gasteiger partial charge in [0.15, 0.2) is 0 Å². The lowest BCUT2D eigenvalue weighted by molar-refractivity contribution is -0.0979. The van der Waals surface area contributed by atoms with Crippen molar-refractivity contribution in [2.75, 3.05) is 0 Å². The van der Waals surface area contributed by atoms with Crippen LogP contribution < -0.4 is 0 Å². The van der Waals surface area contributed by atoms with E-state index in [1.54, 1.807) is 6.07 Å². The fraction of sp³-hybridized carbons (Fsp3) is 0. The van der Waals surface area contributed by atoms with Crippen molar-refractivity contribution in [2.24, 2.45) is 0 Å². The van der Waals surface area contributed by atoms with Crippen LogP contribution in [-0.2, 0) is 4.79 Å². The number of rotatable bonds is 0. The highest BCUT2D eigenvalue weighted by Crippen LogP contribution is 2.14. The highest BCUT2D eigenvalue weighted by Gasteiger charge is 1.85. The third kappa shape index (κ3) is 2.71. The second kappa shape index (κ2) is 4.38. The van der Waals surface area contributed by atoms with Crippen molar-refractivity contribution in [1.82, 2.24) is 0 Å². The van der Waals surface area contributed by atoms with Crippen LogP contribution in [0.5, 0.6) is 11.5 Å². The summed E-state index contributed by atoms with van der Waals surface area (Å²) >= 11 is 0. The maximum Gasteiger partial charge on any atom is 0.119 e. The van der Waals surface area contributed by atoms with Crippen molar-refractivity contribution in [3.05, 3.63) is 24.3 Å². The first-order chi connectivity index (χ1) is 4.79. The molecule has 0 amide bonds. The summed E-state index contributed by atoms with van der Waals surface area (Å²) in [6.07, 6.45) is 0. The molecule has 0 fully saturated rings. The van der Waals surface area contributed by atoms with Gasteiger partial charge in [-0.3, -0.25) is 0 Å². The Bertz CT molecular complexity index is 181. The molecule has 3 heteroatoms. The number of phenols is 2. The van der Waals surface area contributed by atoms with Gasteiger partial charge in [0.25, 0.3) is 0 Å². The quantitative estimate of drug-likeness (QED) is 0.563. The van der Waals surface area contributed by atoms with E-state index in [-0.39, 0.29) is 11.5 Å². The lowest BCUT2D eigenvalue weighted by Gasteiger charge is -1.89. The number of hydrogen-bond acceptors (Lipinski definition) is 3. The molecule has 10 heavy (non-hydrogen) atoms. The zero-order valence-corrected chi connectivity index (χ0v) is 5.32. The average Bonchev–Trinajstić information content (AvgIpc) is 1.91. The number of aromatic hydroxyl groups is 2. The van der Waals surface area contributed by atoms with E-state index >= 15 is 0 Å². The second-order valence-electron chi connectivity index (χ2n) is 1.52. The summed E-state index contributed by atoms with van der Waals surface area (Å²) in [7, 11) is 0. The third-order valence-electron chi connectivity index (χ3n) is 0.830. The average molecular weight is 140 g/mol. The molecule has 0 atom stereocenters. The molecule has 0 unspecified atom stereocenters. The van der Waals surface area contributed by atoms with E-state index in [0.29, 0.717) is 0 Å². The van der Waals surface area contributed by atoms with E-state index in [1.165, 1.54) is 18.2 Å². The molecule has 0 saturated heterocycles. The van der Waals surface area contributed by atoms with Crippen LogP contribution in [0.2, 0.25) is 0 Å². The normalized spacial score (nSPS) is 7.60. The van der Waals surface area contributed by atoms with Gasteiger partial charge >= 0.3 is 0 Å². The zero-order valence-electron chi connectivity index (χ0n) is 5.32. The predicted molar refractivity (Wildman–Crippen MR) is 36.9 cm³/mol. The van der Waals surface area contributed by atoms with Gasteiger partial charge in [0.1, 0.15) is 18.3 Å². The minimum absolute atomic E-state index is 0.0880. The first kappa shape index (κ1) is 8.49. The van der Waals surface area contributed by atoms with Crippen LogP contribution in [-0.4, -0.2) is 17.0 Å². The summed E-state index contributed by atoms with van der Waals surface area (Å²) in [5, 5.41) is 17.3. The molecular weight excluding hydrogens is 132 g/mol. The van der Waals surface area contributed by atoms with Crippen molar-refractivity contribution in [3.63, 3.8) is 0 Å². The van der Waals surface area contributed by atoms with E-state index in [0.717, 1.165) is 0 Å². The van der Waals surface area contributed by atoms with Gasteiger partial charge in [0, 0.05) is 6.07 Å². The monoisotopic (exact) mass is 140 g/mol. The highest BCUT2D eigenvalue weighted by atomic mass is 16.3. The largest absolute Gasteiger partial charge is 0.508 e. The first-order valence-corrected chi connectivity index (χ1v) is 2.56. The summed E-state index contributed by atoms with van der Waals surface area (Å²) in [6.45, 7) is 2.00. The van der Waals surface area contributed by atoms with Crippen LogP contribution >= 0.6 is 0 Å². The molecule has 54 valence electrons. The molecule has 1 aromatic carbocycles. The topological polar surface area (TPSA) is 57.5 Å². The van der Waals surface area contributed by atoms with E-state index < -0.39 is 0 Å². The fourth-order valence-electron chi connectivity index (χ4n) is 0.493. The van der Waals surface area contributed by atoms with Crippen LogP contribution in [0.3, 0.4) is 0 Å². The Labute approximate surface area is 58.6 Å². The van der Waals surface area contributed by atoms with Gasteiger partial charge in [-0.2, -0.15) is 0 Å². The minimum Gasteiger partial charge on any atom is -0.508 e. The standard InChI is InChI=1S/C6H6O2.CH2O/c7-5-2-1-3-6(8)4-5;1-2/h1-4,7-8H;1H2. The van der Waals surface area contributed by atoms with Crippen LogP contribution in [0.25, 0.3) is 0 Å². The predicted octanol–water partition coefficient (Wildman–Crippen LogP) is 0.913. The lowest BCUT2D eigenvalue weighted by atomic mass is 10.3. The van der Waals surface area contributed by atoms with Crippen LogP contribution in [0.15, 0.2) is 24.3 Å². The summed E-state index contributed by atoms with van der Waals surface area (Å²) in [5.41, 5.74) is 0. The molecular formula is C7H8O3. The molecule has 0 spiro atoms. The molecule has 0 saturated carbocycles. The molecule has 0 radical (unpaired) electrons. The third-order valence-corrected chi connectivity index (χ3v) is 0.830. The maximum atomic E-state index is 8.65. The van der Waals surface area contributed by atoms with Crippen molar-refractivity contribution in [2.45, 2.75) is 0 Å². The Hall–Kier alpha value is -1.51.